The third-order valence-corrected chi connectivity index (χ3v) is 12.5. The van der Waals surface area contributed by atoms with Gasteiger partial charge in [0.15, 0.2) is 0 Å². The van der Waals surface area contributed by atoms with Gasteiger partial charge in [-0.05, 0) is 124 Å². The molecule has 1 saturated carbocycles. The van der Waals surface area contributed by atoms with Crippen LogP contribution in [0, 0.1) is 5.41 Å². The van der Waals surface area contributed by atoms with Crippen molar-refractivity contribution in [3.8, 4) is 0 Å². The highest BCUT2D eigenvalue weighted by Crippen LogP contribution is 2.65. The van der Waals surface area contributed by atoms with E-state index in [0.29, 0.717) is 0 Å². The summed E-state index contributed by atoms with van der Waals surface area (Å²) < 4.78 is 0. The Balaban J connectivity index is 1.27. The van der Waals surface area contributed by atoms with Crippen LogP contribution >= 0.6 is 0 Å². The molecule has 8 aromatic rings. The Kier molecular flexibility index (Phi) is 6.35. The van der Waals surface area contributed by atoms with Gasteiger partial charge in [0, 0.05) is 5.41 Å². The molecule has 242 valence electrons. The van der Waals surface area contributed by atoms with Crippen molar-refractivity contribution in [3.05, 3.63) is 191 Å². The highest BCUT2D eigenvalue weighted by atomic mass is 14.5. The van der Waals surface area contributed by atoms with Crippen molar-refractivity contribution in [1.82, 2.24) is 0 Å². The Morgan fingerprint density at radius 2 is 0.725 bits per heavy atom. The van der Waals surface area contributed by atoms with Gasteiger partial charge in [0.25, 0.3) is 0 Å². The normalized spacial score (nSPS) is 16.5. The first-order valence-electron chi connectivity index (χ1n) is 18.7. The lowest BCUT2D eigenvalue weighted by Gasteiger charge is -2.37. The third-order valence-electron chi connectivity index (χ3n) is 12.5. The quantitative estimate of drug-likeness (QED) is 0.166. The van der Waals surface area contributed by atoms with E-state index in [4.69, 9.17) is 0 Å². The van der Waals surface area contributed by atoms with Crippen LogP contribution in [0.5, 0.6) is 0 Å². The first kappa shape index (κ1) is 29.1. The van der Waals surface area contributed by atoms with Crippen LogP contribution in [0.4, 0.5) is 0 Å². The Morgan fingerprint density at radius 1 is 0.333 bits per heavy atom. The lowest BCUT2D eigenvalue weighted by molar-refractivity contribution is 0.559. The fraction of sp³-hybridized carbons (Fsp3) is 0.137. The Bertz CT molecular complexity index is 2610. The molecule has 0 unspecified atom stereocenters. The molecule has 11 rings (SSSR count). The van der Waals surface area contributed by atoms with Gasteiger partial charge in [0.05, 0.1) is 0 Å². The van der Waals surface area contributed by atoms with Crippen molar-refractivity contribution in [2.45, 2.75) is 38.5 Å². The molecule has 0 amide bonds. The Labute approximate surface area is 299 Å². The minimum atomic E-state index is -0.0939. The molecule has 3 aliphatic rings. The summed E-state index contributed by atoms with van der Waals surface area (Å²) in [5.41, 5.74) is 14.8. The summed E-state index contributed by atoms with van der Waals surface area (Å²) in [5, 5.41) is 10.8. The fourth-order valence-corrected chi connectivity index (χ4v) is 10.5. The molecule has 0 bridgehead atoms. The molecular weight excluding hydrogens is 613 g/mol. The minimum absolute atomic E-state index is 0.0939. The molecule has 0 heterocycles. The van der Waals surface area contributed by atoms with Gasteiger partial charge in [-0.1, -0.05) is 171 Å². The average molecular weight is 651 g/mol. The largest absolute Gasteiger partial charge is 0.0619 e. The van der Waals surface area contributed by atoms with Crippen LogP contribution in [0.2, 0.25) is 0 Å². The highest BCUT2D eigenvalue weighted by Gasteiger charge is 2.48. The van der Waals surface area contributed by atoms with E-state index >= 15 is 0 Å². The Morgan fingerprint density at radius 3 is 1.24 bits per heavy atom. The lowest BCUT2D eigenvalue weighted by Crippen LogP contribution is -2.22. The molecular formula is C51H38. The molecule has 3 aliphatic carbocycles. The van der Waals surface area contributed by atoms with E-state index < -0.39 is 0 Å². The second-order valence-corrected chi connectivity index (χ2v) is 15.0. The molecule has 0 N–H and O–H groups in total. The SMILES string of the molecule is c1ccc2c(c1)CC(c1cccc3ccc4ccccc4c13)=C2C1(C2=C(c3cccc4ccc5ccccc5c34)Cc3ccccc32)CCCC1. The van der Waals surface area contributed by atoms with Gasteiger partial charge in [0.1, 0.15) is 0 Å². The van der Waals surface area contributed by atoms with Crippen molar-refractivity contribution in [3.63, 3.8) is 0 Å². The van der Waals surface area contributed by atoms with E-state index in [1.54, 1.807) is 11.1 Å². The van der Waals surface area contributed by atoms with Crippen LogP contribution in [0.15, 0.2) is 158 Å². The molecule has 1 fully saturated rings. The standard InChI is InChI=1S/C51H38/c1-5-19-39-33(13-1)25-27-35-17-11-23-43(47(35)39)45-31-37-15-3-7-21-41(37)49(45)51(29-9-10-30-51)50-42-22-8-4-16-38(42)32-46(50)44-24-12-18-36-28-26-34-14-2-6-20-40(34)48(36)44/h1-8,11-28H,9-10,29-32H2. The van der Waals surface area contributed by atoms with Crippen molar-refractivity contribution in [2.75, 3.05) is 0 Å². The predicted molar refractivity (Wildman–Crippen MR) is 218 cm³/mol. The zero-order chi connectivity index (χ0) is 33.5. The highest BCUT2D eigenvalue weighted by molar-refractivity contribution is 6.20. The lowest BCUT2D eigenvalue weighted by atomic mass is 9.66. The molecule has 0 spiro atoms. The van der Waals surface area contributed by atoms with Crippen LogP contribution in [-0.4, -0.2) is 0 Å². The van der Waals surface area contributed by atoms with Gasteiger partial charge >= 0.3 is 0 Å². The third kappa shape index (κ3) is 4.20. The monoisotopic (exact) mass is 650 g/mol. The fourth-order valence-electron chi connectivity index (χ4n) is 10.5. The molecule has 0 saturated heterocycles. The predicted octanol–water partition coefficient (Wildman–Crippen LogP) is 13.5. The molecule has 8 aromatic carbocycles. The van der Waals surface area contributed by atoms with Crippen LogP contribution in [0.3, 0.4) is 0 Å². The van der Waals surface area contributed by atoms with Gasteiger partial charge in [-0.15, -0.1) is 0 Å². The van der Waals surface area contributed by atoms with Crippen molar-refractivity contribution in [1.29, 1.82) is 0 Å². The summed E-state index contributed by atoms with van der Waals surface area (Å²) >= 11 is 0. The Hall–Kier alpha value is -5.72. The van der Waals surface area contributed by atoms with Gasteiger partial charge in [0.2, 0.25) is 0 Å². The minimum Gasteiger partial charge on any atom is -0.0619 e. The molecule has 0 aromatic heterocycles. The molecule has 51 heavy (non-hydrogen) atoms. The van der Waals surface area contributed by atoms with E-state index in [1.165, 1.54) is 113 Å². The first-order chi connectivity index (χ1) is 25.3. The van der Waals surface area contributed by atoms with Crippen molar-refractivity contribution < 1.29 is 0 Å². The van der Waals surface area contributed by atoms with Crippen LogP contribution < -0.4 is 0 Å². The number of hydrogen-bond donors (Lipinski definition) is 0. The zero-order valence-corrected chi connectivity index (χ0v) is 28.8. The van der Waals surface area contributed by atoms with E-state index in [0.717, 1.165) is 12.8 Å². The van der Waals surface area contributed by atoms with E-state index in [2.05, 4.69) is 158 Å². The molecule has 0 aliphatic heterocycles. The number of rotatable bonds is 4. The van der Waals surface area contributed by atoms with E-state index in [1.807, 2.05) is 0 Å². The number of fused-ring (bicyclic) bond motifs is 8. The molecule has 0 atom stereocenters. The van der Waals surface area contributed by atoms with Gasteiger partial charge in [-0.25, -0.2) is 0 Å². The van der Waals surface area contributed by atoms with Crippen molar-refractivity contribution in [2.24, 2.45) is 5.41 Å². The second-order valence-electron chi connectivity index (χ2n) is 15.0. The number of hydrogen-bond acceptors (Lipinski definition) is 0. The topological polar surface area (TPSA) is 0 Å². The van der Waals surface area contributed by atoms with Gasteiger partial charge < -0.3 is 0 Å². The van der Waals surface area contributed by atoms with Crippen molar-refractivity contribution >= 4 is 65.4 Å². The number of benzene rings is 8. The summed E-state index contributed by atoms with van der Waals surface area (Å²) in [4.78, 5) is 0. The summed E-state index contributed by atoms with van der Waals surface area (Å²) in [7, 11) is 0. The zero-order valence-electron chi connectivity index (χ0n) is 28.8. The maximum Gasteiger partial charge on any atom is 0.0221 e. The summed E-state index contributed by atoms with van der Waals surface area (Å²) in [6.07, 6.45) is 6.77. The summed E-state index contributed by atoms with van der Waals surface area (Å²) in [6, 6.07) is 59.9. The first-order valence-corrected chi connectivity index (χ1v) is 18.7. The summed E-state index contributed by atoms with van der Waals surface area (Å²) in [6.45, 7) is 0. The molecule has 0 radical (unpaired) electrons. The van der Waals surface area contributed by atoms with Crippen LogP contribution in [0.25, 0.3) is 65.4 Å². The maximum absolute atomic E-state index is 2.44. The maximum atomic E-state index is 2.44. The molecule has 0 nitrogen and oxygen atoms in total. The van der Waals surface area contributed by atoms with Gasteiger partial charge in [-0.3, -0.25) is 0 Å². The van der Waals surface area contributed by atoms with E-state index in [9.17, 15) is 0 Å². The van der Waals surface area contributed by atoms with Crippen LogP contribution in [0.1, 0.15) is 59.1 Å². The number of allylic oxidation sites excluding steroid dienone is 4. The van der Waals surface area contributed by atoms with Crippen LogP contribution in [-0.2, 0) is 12.8 Å². The smallest absolute Gasteiger partial charge is 0.0221 e. The second kappa shape index (κ2) is 11.1. The molecule has 0 heteroatoms. The van der Waals surface area contributed by atoms with Gasteiger partial charge in [-0.2, -0.15) is 0 Å². The van der Waals surface area contributed by atoms with E-state index in [-0.39, 0.29) is 5.41 Å². The summed E-state index contributed by atoms with van der Waals surface area (Å²) in [5.74, 6) is 0. The average Bonchev–Trinajstić information content (AvgIpc) is 3.93.